The van der Waals surface area contributed by atoms with E-state index in [0.29, 0.717) is 15.5 Å². The molecular weight excluding hydrogens is 355 g/mol. The first-order chi connectivity index (χ1) is 10.4. The van der Waals surface area contributed by atoms with Crippen LogP contribution in [0.25, 0.3) is 12.2 Å². The van der Waals surface area contributed by atoms with Crippen LogP contribution >= 0.6 is 8.51 Å². The van der Waals surface area contributed by atoms with Crippen molar-refractivity contribution in [2.45, 2.75) is 15.5 Å². The number of hydrogen-bond acceptors (Lipinski definition) is 0. The second-order valence-corrected chi connectivity index (χ2v) is 9.13. The molecule has 0 saturated heterocycles. The van der Waals surface area contributed by atoms with Crippen molar-refractivity contribution in [2.24, 2.45) is 0 Å². The van der Waals surface area contributed by atoms with Gasteiger partial charge >= 0.3 is 141 Å². The standard InChI is InChI=1S/C19H15.ClH.Zr/c1-3-7-18-14(5-1)9-11-16(18)13-17-12-10-15-6-2-4-8-19(15)17;;/h1-13,16-17H;1H;/q;;+1/p-1. The topological polar surface area (TPSA) is 0 Å². The summed E-state index contributed by atoms with van der Waals surface area (Å²) in [6, 6.07) is 17.5. The van der Waals surface area contributed by atoms with E-state index in [1.165, 1.54) is 22.3 Å². The van der Waals surface area contributed by atoms with E-state index < -0.39 is 22.0 Å². The van der Waals surface area contributed by atoms with Crippen LogP contribution in [0, 0.1) is 0 Å². The summed E-state index contributed by atoms with van der Waals surface area (Å²) >= 11 is -0.934. The van der Waals surface area contributed by atoms with Crippen molar-refractivity contribution >= 4 is 20.7 Å². The molecule has 0 saturated carbocycles. The maximum atomic E-state index is 6.56. The zero-order chi connectivity index (χ0) is 14.2. The van der Waals surface area contributed by atoms with Crippen LogP contribution in [-0.4, -0.2) is 0 Å². The van der Waals surface area contributed by atoms with E-state index >= 15 is 0 Å². The molecule has 0 N–H and O–H groups in total. The summed E-state index contributed by atoms with van der Waals surface area (Å²) in [5.41, 5.74) is 5.66. The van der Waals surface area contributed by atoms with E-state index in [4.69, 9.17) is 8.51 Å². The minimum absolute atomic E-state index is 0.492. The van der Waals surface area contributed by atoms with Gasteiger partial charge in [0.15, 0.2) is 0 Å². The van der Waals surface area contributed by atoms with E-state index in [2.05, 4.69) is 72.8 Å². The van der Waals surface area contributed by atoms with Crippen molar-refractivity contribution in [1.82, 2.24) is 0 Å². The normalized spacial score (nSPS) is 22.9. The molecule has 0 radical (unpaired) electrons. The van der Waals surface area contributed by atoms with E-state index in [9.17, 15) is 0 Å². The number of hydrogen-bond donors (Lipinski definition) is 0. The number of allylic oxidation sites excluding steroid dienone is 2. The van der Waals surface area contributed by atoms with Crippen LogP contribution < -0.4 is 0 Å². The zero-order valence-electron chi connectivity index (χ0n) is 11.5. The first-order valence-electron chi connectivity index (χ1n) is 7.29. The molecular formula is C19H15ClZr. The van der Waals surface area contributed by atoms with Crippen molar-refractivity contribution in [2.75, 3.05) is 0 Å². The van der Waals surface area contributed by atoms with E-state index in [0.717, 1.165) is 0 Å². The number of fused-ring (bicyclic) bond motifs is 2. The molecule has 0 fully saturated rings. The van der Waals surface area contributed by atoms with Crippen molar-refractivity contribution in [3.63, 3.8) is 0 Å². The molecule has 0 aliphatic heterocycles. The van der Waals surface area contributed by atoms with Crippen LogP contribution in [0.3, 0.4) is 0 Å². The Morgan fingerprint density at radius 3 is 1.71 bits per heavy atom. The average Bonchev–Trinajstić information content (AvgIpc) is 3.14. The number of halogens is 1. The van der Waals surface area contributed by atoms with E-state index in [-0.39, 0.29) is 0 Å². The Labute approximate surface area is 140 Å². The Balaban J connectivity index is 1.72. The molecule has 0 nitrogen and oxygen atoms in total. The Morgan fingerprint density at radius 2 is 1.24 bits per heavy atom. The van der Waals surface area contributed by atoms with Crippen LogP contribution in [0.5, 0.6) is 0 Å². The van der Waals surface area contributed by atoms with Gasteiger partial charge in [-0.25, -0.2) is 0 Å². The van der Waals surface area contributed by atoms with Crippen LogP contribution in [0.4, 0.5) is 0 Å². The summed E-state index contributed by atoms with van der Waals surface area (Å²) in [6.45, 7) is 0. The van der Waals surface area contributed by atoms with Gasteiger partial charge in [-0.3, -0.25) is 0 Å². The molecule has 2 heteroatoms. The molecule has 0 aromatic heterocycles. The summed E-state index contributed by atoms with van der Waals surface area (Å²) < 4.78 is 0.579. The van der Waals surface area contributed by atoms with E-state index in [1.54, 1.807) is 0 Å². The summed E-state index contributed by atoms with van der Waals surface area (Å²) in [7, 11) is 6.56. The van der Waals surface area contributed by atoms with Gasteiger partial charge in [-0.2, -0.15) is 0 Å². The van der Waals surface area contributed by atoms with Crippen LogP contribution in [0.1, 0.15) is 34.1 Å². The first kappa shape index (κ1) is 13.7. The van der Waals surface area contributed by atoms with Crippen molar-refractivity contribution in [3.8, 4) is 0 Å². The monoisotopic (exact) mass is 368 g/mol. The molecule has 0 heterocycles. The zero-order valence-corrected chi connectivity index (χ0v) is 14.8. The second kappa shape index (κ2) is 5.71. The molecule has 2 unspecified atom stereocenters. The van der Waals surface area contributed by atoms with Gasteiger partial charge in [0.2, 0.25) is 0 Å². The van der Waals surface area contributed by atoms with Crippen LogP contribution in [-0.2, 0) is 22.0 Å². The molecule has 4 rings (SSSR count). The molecule has 21 heavy (non-hydrogen) atoms. The number of benzene rings is 2. The third kappa shape index (κ3) is 2.31. The molecule has 2 aliphatic carbocycles. The quantitative estimate of drug-likeness (QED) is 0.657. The Hall–Kier alpha value is -0.907. The predicted molar refractivity (Wildman–Crippen MR) is 86.0 cm³/mol. The molecule has 2 aromatic carbocycles. The molecule has 0 bridgehead atoms. The van der Waals surface area contributed by atoms with Crippen LogP contribution in [0.2, 0.25) is 3.63 Å². The van der Waals surface area contributed by atoms with Crippen molar-refractivity contribution < 1.29 is 22.0 Å². The summed E-state index contributed by atoms with van der Waals surface area (Å²) in [5, 5.41) is 0. The minimum atomic E-state index is -0.934. The molecule has 0 amide bonds. The van der Waals surface area contributed by atoms with Gasteiger partial charge < -0.3 is 0 Å². The fourth-order valence-electron chi connectivity index (χ4n) is 3.54. The van der Waals surface area contributed by atoms with Gasteiger partial charge in [-0.15, -0.1) is 0 Å². The SMILES string of the molecule is [Cl][Zr][CH](C1C=Cc2ccccc21)C1C=Cc2ccccc21. The molecule has 2 atom stereocenters. The maximum absolute atomic E-state index is 6.56. The molecule has 102 valence electrons. The van der Waals surface area contributed by atoms with Crippen molar-refractivity contribution in [3.05, 3.63) is 82.9 Å². The van der Waals surface area contributed by atoms with Crippen LogP contribution in [0.15, 0.2) is 60.7 Å². The van der Waals surface area contributed by atoms with Crippen molar-refractivity contribution in [1.29, 1.82) is 0 Å². The number of rotatable bonds is 3. The van der Waals surface area contributed by atoms with Gasteiger partial charge in [0.05, 0.1) is 0 Å². The van der Waals surface area contributed by atoms with Gasteiger partial charge in [-0.05, 0) is 0 Å². The van der Waals surface area contributed by atoms with Gasteiger partial charge in [-0.1, -0.05) is 0 Å². The Morgan fingerprint density at radius 1 is 0.762 bits per heavy atom. The van der Waals surface area contributed by atoms with Gasteiger partial charge in [0.25, 0.3) is 0 Å². The van der Waals surface area contributed by atoms with Gasteiger partial charge in [0.1, 0.15) is 0 Å². The van der Waals surface area contributed by atoms with E-state index in [1.807, 2.05) is 0 Å². The molecule has 2 aliphatic rings. The average molecular weight is 370 g/mol. The third-order valence-corrected chi connectivity index (χ3v) is 8.45. The molecule has 2 aromatic rings. The van der Waals surface area contributed by atoms with Gasteiger partial charge in [0, 0.05) is 0 Å². The second-order valence-electron chi connectivity index (χ2n) is 5.66. The first-order valence-corrected chi connectivity index (χ1v) is 11.9. The predicted octanol–water partition coefficient (Wildman–Crippen LogP) is 5.63. The summed E-state index contributed by atoms with van der Waals surface area (Å²) in [5.74, 6) is 0.984. The fraction of sp³-hybridized carbons (Fsp3) is 0.158. The Kier molecular flexibility index (Phi) is 3.73. The summed E-state index contributed by atoms with van der Waals surface area (Å²) in [6.07, 6.45) is 9.27. The summed E-state index contributed by atoms with van der Waals surface area (Å²) in [4.78, 5) is 0. The fourth-order valence-corrected chi connectivity index (χ4v) is 7.24. The molecule has 0 spiro atoms. The third-order valence-electron chi connectivity index (χ3n) is 4.58. The Bertz CT molecular complexity index is 670.